The smallest absolute Gasteiger partial charge is 0.311 e. The van der Waals surface area contributed by atoms with Crippen molar-refractivity contribution >= 4 is 24.2 Å². The zero-order valence-corrected chi connectivity index (χ0v) is 11.2. The maximum absolute atomic E-state index is 13.1. The highest BCUT2D eigenvalue weighted by Gasteiger charge is 2.39. The van der Waals surface area contributed by atoms with Crippen LogP contribution in [0.15, 0.2) is 18.2 Å². The van der Waals surface area contributed by atoms with E-state index in [2.05, 4.69) is 12.6 Å². The average Bonchev–Trinajstić information content (AvgIpc) is 2.78. The van der Waals surface area contributed by atoms with Crippen LogP contribution in [0.2, 0.25) is 0 Å². The first-order valence-corrected chi connectivity index (χ1v) is 6.52. The molecular formula is C13H11F3N2OS. The Hall–Kier alpha value is -1.68. The minimum atomic E-state index is -4.61. The molecule has 1 unspecified atom stereocenters. The molecule has 1 aromatic carbocycles. The number of nitrogens with zero attached hydrogens (tertiary/aromatic N) is 2. The van der Waals surface area contributed by atoms with Crippen LogP contribution in [0.3, 0.4) is 0 Å². The maximum Gasteiger partial charge on any atom is 0.418 e. The fourth-order valence-corrected chi connectivity index (χ4v) is 2.45. The Balaban J connectivity index is 2.47. The molecule has 1 saturated heterocycles. The Kier molecular flexibility index (Phi) is 3.95. The summed E-state index contributed by atoms with van der Waals surface area (Å²) < 4.78 is 39.2. The van der Waals surface area contributed by atoms with Gasteiger partial charge in [0.25, 0.3) is 0 Å². The zero-order valence-electron chi connectivity index (χ0n) is 10.3. The zero-order chi connectivity index (χ0) is 14.9. The molecule has 0 N–H and O–H groups in total. The number of hydrogen-bond donors (Lipinski definition) is 1. The number of carbonyl (C=O) groups is 1. The first-order chi connectivity index (χ1) is 9.36. The van der Waals surface area contributed by atoms with Gasteiger partial charge in [0.2, 0.25) is 5.91 Å². The van der Waals surface area contributed by atoms with Crippen molar-refractivity contribution < 1.29 is 18.0 Å². The molecule has 106 valence electrons. The van der Waals surface area contributed by atoms with Gasteiger partial charge in [-0.05, 0) is 29.9 Å². The third-order valence-electron chi connectivity index (χ3n) is 3.19. The predicted molar refractivity (Wildman–Crippen MR) is 70.5 cm³/mol. The molecule has 1 amide bonds. The molecule has 1 aromatic rings. The van der Waals surface area contributed by atoms with E-state index < -0.39 is 11.7 Å². The molecule has 0 aliphatic carbocycles. The van der Waals surface area contributed by atoms with Gasteiger partial charge >= 0.3 is 6.18 Å². The van der Waals surface area contributed by atoms with E-state index >= 15 is 0 Å². The van der Waals surface area contributed by atoms with Crippen molar-refractivity contribution in [3.63, 3.8) is 0 Å². The van der Waals surface area contributed by atoms with Crippen molar-refractivity contribution in [2.75, 3.05) is 17.2 Å². The largest absolute Gasteiger partial charge is 0.418 e. The van der Waals surface area contributed by atoms with Gasteiger partial charge in [0.05, 0.1) is 22.9 Å². The van der Waals surface area contributed by atoms with Gasteiger partial charge < -0.3 is 4.90 Å². The average molecular weight is 300 g/mol. The summed E-state index contributed by atoms with van der Waals surface area (Å²) in [7, 11) is 0. The van der Waals surface area contributed by atoms with Gasteiger partial charge in [0, 0.05) is 13.0 Å². The maximum atomic E-state index is 13.1. The number of carbonyl (C=O) groups excluding carboxylic acids is 1. The highest BCUT2D eigenvalue weighted by Crippen LogP contribution is 2.39. The topological polar surface area (TPSA) is 44.1 Å². The lowest BCUT2D eigenvalue weighted by Crippen LogP contribution is -2.27. The van der Waals surface area contributed by atoms with E-state index in [0.717, 1.165) is 11.0 Å². The van der Waals surface area contributed by atoms with Crippen LogP contribution >= 0.6 is 12.6 Å². The van der Waals surface area contributed by atoms with E-state index in [1.807, 2.05) is 0 Å². The number of rotatable bonds is 2. The molecule has 0 spiro atoms. The summed E-state index contributed by atoms with van der Waals surface area (Å²) in [6.45, 7) is 0.220. The summed E-state index contributed by atoms with van der Waals surface area (Å²) in [4.78, 5) is 13.0. The Bertz CT molecular complexity index is 580. The second-order valence-corrected chi connectivity index (χ2v) is 4.96. The summed E-state index contributed by atoms with van der Waals surface area (Å²) >= 11 is 4.08. The van der Waals surface area contributed by atoms with E-state index in [1.165, 1.54) is 12.1 Å². The monoisotopic (exact) mass is 300 g/mol. The number of thiol groups is 1. The molecular weight excluding hydrogens is 289 g/mol. The third-order valence-corrected chi connectivity index (χ3v) is 3.70. The summed E-state index contributed by atoms with van der Waals surface area (Å²) in [6.07, 6.45) is -4.41. The van der Waals surface area contributed by atoms with Crippen LogP contribution in [0.25, 0.3) is 0 Å². The number of benzene rings is 1. The third kappa shape index (κ3) is 2.75. The van der Waals surface area contributed by atoms with Crippen molar-refractivity contribution in [2.45, 2.75) is 12.6 Å². The van der Waals surface area contributed by atoms with Crippen molar-refractivity contribution in [1.29, 1.82) is 5.26 Å². The van der Waals surface area contributed by atoms with E-state index in [-0.39, 0.29) is 36.0 Å². The van der Waals surface area contributed by atoms with Crippen LogP contribution < -0.4 is 4.90 Å². The molecule has 3 nitrogen and oxygen atoms in total. The molecule has 7 heteroatoms. The summed E-state index contributed by atoms with van der Waals surface area (Å²) in [5.74, 6) is 0.0432. The van der Waals surface area contributed by atoms with Crippen molar-refractivity contribution in [1.82, 2.24) is 0 Å². The van der Waals surface area contributed by atoms with Crippen molar-refractivity contribution in [3.8, 4) is 6.07 Å². The fourth-order valence-electron chi connectivity index (χ4n) is 2.20. The molecule has 0 radical (unpaired) electrons. The Labute approximate surface area is 119 Å². The van der Waals surface area contributed by atoms with Crippen LogP contribution in [-0.2, 0) is 11.0 Å². The predicted octanol–water partition coefficient (Wildman–Crippen LogP) is 2.86. The van der Waals surface area contributed by atoms with Gasteiger partial charge in [0.1, 0.15) is 0 Å². The van der Waals surface area contributed by atoms with Crippen LogP contribution in [0.1, 0.15) is 17.5 Å². The molecule has 20 heavy (non-hydrogen) atoms. The second kappa shape index (κ2) is 5.37. The number of alkyl halides is 3. The van der Waals surface area contributed by atoms with Crippen LogP contribution in [0.4, 0.5) is 18.9 Å². The van der Waals surface area contributed by atoms with E-state index in [0.29, 0.717) is 5.75 Å². The Morgan fingerprint density at radius 2 is 2.15 bits per heavy atom. The molecule has 0 saturated carbocycles. The molecule has 2 rings (SSSR count). The first-order valence-electron chi connectivity index (χ1n) is 5.89. The van der Waals surface area contributed by atoms with Gasteiger partial charge in [-0.3, -0.25) is 4.79 Å². The number of halogens is 3. The fraction of sp³-hybridized carbons (Fsp3) is 0.385. The summed E-state index contributed by atoms with van der Waals surface area (Å²) in [6, 6.07) is 4.91. The highest BCUT2D eigenvalue weighted by atomic mass is 32.1. The lowest BCUT2D eigenvalue weighted by Gasteiger charge is -2.21. The molecule has 0 bridgehead atoms. The number of hydrogen-bond acceptors (Lipinski definition) is 3. The lowest BCUT2D eigenvalue weighted by atomic mass is 10.1. The molecule has 1 atom stereocenters. The van der Waals surface area contributed by atoms with Crippen LogP contribution in [0, 0.1) is 17.2 Å². The van der Waals surface area contributed by atoms with Gasteiger partial charge in [0.15, 0.2) is 0 Å². The standard InChI is InChI=1S/C13H11F3N2OS/c14-13(15,16)10-3-8(5-17)1-2-11(10)18-6-9(7-20)4-12(18)19/h1-3,9,20H,4,6-7H2. The van der Waals surface area contributed by atoms with Gasteiger partial charge in [-0.2, -0.15) is 31.1 Å². The second-order valence-electron chi connectivity index (χ2n) is 4.60. The molecule has 0 aromatic heterocycles. The minimum Gasteiger partial charge on any atom is -0.311 e. The summed E-state index contributed by atoms with van der Waals surface area (Å²) in [5, 5.41) is 8.71. The van der Waals surface area contributed by atoms with E-state index in [4.69, 9.17) is 5.26 Å². The normalized spacial score (nSPS) is 19.2. The molecule has 1 heterocycles. The molecule has 1 aliphatic heterocycles. The molecule has 1 aliphatic rings. The van der Waals surface area contributed by atoms with E-state index in [9.17, 15) is 18.0 Å². The Morgan fingerprint density at radius 1 is 1.45 bits per heavy atom. The highest BCUT2D eigenvalue weighted by molar-refractivity contribution is 7.80. The quantitative estimate of drug-likeness (QED) is 0.854. The Morgan fingerprint density at radius 3 is 2.65 bits per heavy atom. The van der Waals surface area contributed by atoms with Crippen molar-refractivity contribution in [2.24, 2.45) is 5.92 Å². The number of nitriles is 1. The SMILES string of the molecule is N#Cc1ccc(N2CC(CS)CC2=O)c(C(F)(F)F)c1. The summed E-state index contributed by atoms with van der Waals surface area (Å²) in [5.41, 5.74) is -1.23. The van der Waals surface area contributed by atoms with Crippen molar-refractivity contribution in [3.05, 3.63) is 29.3 Å². The van der Waals surface area contributed by atoms with Gasteiger partial charge in [-0.1, -0.05) is 0 Å². The lowest BCUT2D eigenvalue weighted by molar-refractivity contribution is -0.137. The number of amides is 1. The first kappa shape index (κ1) is 14.7. The van der Waals surface area contributed by atoms with E-state index in [1.54, 1.807) is 6.07 Å². The van der Waals surface area contributed by atoms with Crippen LogP contribution in [-0.4, -0.2) is 18.2 Å². The van der Waals surface area contributed by atoms with Gasteiger partial charge in [-0.15, -0.1) is 0 Å². The minimum absolute atomic E-state index is 0.0532. The molecule has 1 fully saturated rings. The van der Waals surface area contributed by atoms with Gasteiger partial charge in [-0.25, -0.2) is 0 Å². The van der Waals surface area contributed by atoms with Crippen LogP contribution in [0.5, 0.6) is 0 Å². The number of anilines is 1.